The quantitative estimate of drug-likeness (QED) is 0.594. The van der Waals surface area contributed by atoms with Crippen LogP contribution in [0.5, 0.6) is 0 Å². The van der Waals surface area contributed by atoms with Crippen molar-refractivity contribution in [3.05, 3.63) is 54.2 Å². The van der Waals surface area contributed by atoms with Crippen LogP contribution in [0.1, 0.15) is 0 Å². The number of aromatic amines is 1. The molecular formula is C15H10N2O2S. The zero-order chi connectivity index (χ0) is 13.4. The molecule has 4 nitrogen and oxygen atoms in total. The van der Waals surface area contributed by atoms with Crippen LogP contribution in [0.3, 0.4) is 0 Å². The van der Waals surface area contributed by atoms with E-state index in [-0.39, 0.29) is 0 Å². The molecule has 0 saturated carbocycles. The van der Waals surface area contributed by atoms with Crippen molar-refractivity contribution in [3.63, 3.8) is 0 Å². The van der Waals surface area contributed by atoms with Crippen molar-refractivity contribution < 1.29 is 8.83 Å². The van der Waals surface area contributed by atoms with Gasteiger partial charge in [0.05, 0.1) is 16.8 Å². The zero-order valence-corrected chi connectivity index (χ0v) is 11.2. The molecule has 0 atom stereocenters. The molecule has 20 heavy (non-hydrogen) atoms. The van der Waals surface area contributed by atoms with Crippen LogP contribution in [-0.2, 0) is 0 Å². The average Bonchev–Trinajstić information content (AvgIpc) is 3.22. The summed E-state index contributed by atoms with van der Waals surface area (Å²) in [4.78, 5) is 8.75. The number of oxazole rings is 1. The second-order valence-corrected chi connectivity index (χ2v) is 5.18. The third-order valence-corrected chi connectivity index (χ3v) is 3.82. The van der Waals surface area contributed by atoms with Crippen molar-refractivity contribution in [1.29, 1.82) is 0 Å². The Labute approximate surface area is 118 Å². The van der Waals surface area contributed by atoms with Gasteiger partial charge >= 0.3 is 0 Å². The van der Waals surface area contributed by atoms with Gasteiger partial charge in [-0.3, -0.25) is 0 Å². The lowest BCUT2D eigenvalue weighted by Crippen LogP contribution is -1.80. The molecule has 0 unspecified atom stereocenters. The van der Waals surface area contributed by atoms with Crippen LogP contribution in [-0.4, -0.2) is 9.97 Å². The fraction of sp³-hybridized carbons (Fsp3) is 0. The van der Waals surface area contributed by atoms with E-state index in [1.807, 2.05) is 48.0 Å². The molecule has 4 aromatic rings. The Morgan fingerprint density at radius 3 is 2.80 bits per heavy atom. The van der Waals surface area contributed by atoms with Crippen molar-refractivity contribution in [1.82, 2.24) is 9.97 Å². The third-order valence-electron chi connectivity index (χ3n) is 2.96. The first-order valence-electron chi connectivity index (χ1n) is 6.14. The van der Waals surface area contributed by atoms with Crippen molar-refractivity contribution in [2.45, 2.75) is 0 Å². The van der Waals surface area contributed by atoms with E-state index in [2.05, 4.69) is 9.97 Å². The predicted octanol–water partition coefficient (Wildman–Crippen LogP) is 4.66. The van der Waals surface area contributed by atoms with Gasteiger partial charge in [-0.05, 0) is 35.7 Å². The monoisotopic (exact) mass is 282 g/mol. The van der Waals surface area contributed by atoms with E-state index in [4.69, 9.17) is 8.83 Å². The minimum Gasteiger partial charge on any atom is -0.461 e. The largest absolute Gasteiger partial charge is 0.461 e. The number of nitrogens with one attached hydrogen (secondary N) is 1. The van der Waals surface area contributed by atoms with Crippen molar-refractivity contribution >= 4 is 11.3 Å². The average molecular weight is 282 g/mol. The Bertz CT molecular complexity index is 745. The summed E-state index contributed by atoms with van der Waals surface area (Å²) in [7, 11) is 0. The van der Waals surface area contributed by atoms with Gasteiger partial charge in [0.15, 0.2) is 11.5 Å². The highest BCUT2D eigenvalue weighted by Gasteiger charge is 2.20. The number of nitrogens with zero attached hydrogens (tertiary/aromatic N) is 1. The van der Waals surface area contributed by atoms with E-state index in [0.29, 0.717) is 17.4 Å². The molecule has 98 valence electrons. The number of rotatable bonds is 3. The van der Waals surface area contributed by atoms with Crippen LogP contribution in [0.15, 0.2) is 63.1 Å². The number of aromatic nitrogens is 2. The van der Waals surface area contributed by atoms with E-state index < -0.39 is 0 Å². The first-order chi connectivity index (χ1) is 9.92. The fourth-order valence-electron chi connectivity index (χ4n) is 2.06. The van der Waals surface area contributed by atoms with Crippen LogP contribution in [0.4, 0.5) is 0 Å². The Morgan fingerprint density at radius 1 is 1.10 bits per heavy atom. The molecule has 0 radical (unpaired) electrons. The summed E-state index contributed by atoms with van der Waals surface area (Å²) < 4.78 is 11.4. The molecule has 0 aliphatic carbocycles. The van der Waals surface area contributed by atoms with Crippen molar-refractivity contribution in [2.24, 2.45) is 0 Å². The highest BCUT2D eigenvalue weighted by molar-refractivity contribution is 7.13. The van der Waals surface area contributed by atoms with Gasteiger partial charge in [-0.25, -0.2) is 4.98 Å². The molecule has 0 aromatic carbocycles. The molecule has 4 rings (SSSR count). The molecule has 0 amide bonds. The van der Waals surface area contributed by atoms with Gasteiger partial charge in [0, 0.05) is 6.20 Å². The van der Waals surface area contributed by atoms with Gasteiger partial charge in [0.25, 0.3) is 0 Å². The summed E-state index contributed by atoms with van der Waals surface area (Å²) in [6, 6.07) is 11.6. The van der Waals surface area contributed by atoms with E-state index in [1.54, 1.807) is 17.6 Å². The second kappa shape index (κ2) is 4.54. The molecule has 5 heteroatoms. The first kappa shape index (κ1) is 11.3. The van der Waals surface area contributed by atoms with Gasteiger partial charge in [-0.1, -0.05) is 6.07 Å². The molecule has 0 fully saturated rings. The Morgan fingerprint density at radius 2 is 2.10 bits per heavy atom. The normalized spacial score (nSPS) is 11.0. The molecule has 0 spiro atoms. The van der Waals surface area contributed by atoms with Gasteiger partial charge in [0.1, 0.15) is 5.69 Å². The van der Waals surface area contributed by atoms with Gasteiger partial charge in [0.2, 0.25) is 5.89 Å². The standard InChI is InChI=1S/C15H10N2O2S/c1-4-10(16-7-1)13-14(11-5-2-8-18-11)19-15(17-13)12-6-3-9-20-12/h1-9,16H. The van der Waals surface area contributed by atoms with Crippen LogP contribution < -0.4 is 0 Å². The summed E-state index contributed by atoms with van der Waals surface area (Å²) in [5.74, 6) is 1.92. The lowest BCUT2D eigenvalue weighted by Gasteiger charge is -1.94. The fourth-order valence-corrected chi connectivity index (χ4v) is 2.71. The third kappa shape index (κ3) is 1.80. The van der Waals surface area contributed by atoms with Gasteiger partial charge < -0.3 is 13.8 Å². The molecule has 0 saturated heterocycles. The van der Waals surface area contributed by atoms with E-state index in [9.17, 15) is 0 Å². The lowest BCUT2D eigenvalue weighted by molar-refractivity contribution is 0.530. The highest BCUT2D eigenvalue weighted by Crippen LogP contribution is 2.36. The summed E-state index contributed by atoms with van der Waals surface area (Å²) in [6.07, 6.45) is 3.49. The molecule has 0 bridgehead atoms. The lowest BCUT2D eigenvalue weighted by atomic mass is 10.2. The van der Waals surface area contributed by atoms with Crippen LogP contribution >= 0.6 is 11.3 Å². The molecule has 4 aromatic heterocycles. The van der Waals surface area contributed by atoms with Gasteiger partial charge in [-0.15, -0.1) is 11.3 Å². The van der Waals surface area contributed by atoms with Crippen molar-refractivity contribution in [3.8, 4) is 33.7 Å². The highest BCUT2D eigenvalue weighted by atomic mass is 32.1. The van der Waals surface area contributed by atoms with E-state index in [1.165, 1.54) is 0 Å². The first-order valence-corrected chi connectivity index (χ1v) is 7.02. The number of thiophene rings is 1. The Balaban J connectivity index is 1.92. The van der Waals surface area contributed by atoms with Crippen LogP contribution in [0, 0.1) is 0 Å². The summed E-state index contributed by atoms with van der Waals surface area (Å²) in [5, 5.41) is 2.00. The molecule has 4 heterocycles. The maximum atomic E-state index is 5.91. The summed E-state index contributed by atoms with van der Waals surface area (Å²) >= 11 is 1.60. The second-order valence-electron chi connectivity index (χ2n) is 4.24. The molecule has 0 aliphatic heterocycles. The molecular weight excluding hydrogens is 272 g/mol. The number of hydrogen-bond donors (Lipinski definition) is 1. The molecule has 1 N–H and O–H groups in total. The SMILES string of the molecule is c1c[nH]c(-c2nc(-c3cccs3)oc2-c2ccco2)c1. The minimum atomic E-state index is 0.607. The minimum absolute atomic E-state index is 0.607. The smallest absolute Gasteiger partial charge is 0.237 e. The van der Waals surface area contributed by atoms with E-state index in [0.717, 1.165) is 16.3 Å². The maximum absolute atomic E-state index is 5.91. The maximum Gasteiger partial charge on any atom is 0.237 e. The van der Waals surface area contributed by atoms with Gasteiger partial charge in [-0.2, -0.15) is 0 Å². The number of furan rings is 1. The summed E-state index contributed by atoms with van der Waals surface area (Å²) in [6.45, 7) is 0. The van der Waals surface area contributed by atoms with Crippen LogP contribution in [0.2, 0.25) is 0 Å². The van der Waals surface area contributed by atoms with Crippen molar-refractivity contribution in [2.75, 3.05) is 0 Å². The summed E-state index contributed by atoms with van der Waals surface area (Å²) in [5.41, 5.74) is 1.66. The zero-order valence-electron chi connectivity index (χ0n) is 10.4. The van der Waals surface area contributed by atoms with Crippen LogP contribution in [0.25, 0.3) is 33.7 Å². The number of hydrogen-bond acceptors (Lipinski definition) is 4. The van der Waals surface area contributed by atoms with E-state index >= 15 is 0 Å². The topological polar surface area (TPSA) is 55.0 Å². The molecule has 0 aliphatic rings. The predicted molar refractivity (Wildman–Crippen MR) is 77.3 cm³/mol. The Kier molecular flexibility index (Phi) is 2.57. The Hall–Kier alpha value is -2.53. The number of H-pyrrole nitrogens is 1.